The predicted molar refractivity (Wildman–Crippen MR) is 175 cm³/mol. The van der Waals surface area contributed by atoms with E-state index in [9.17, 15) is 14.7 Å². The Labute approximate surface area is 268 Å². The highest BCUT2D eigenvalue weighted by Gasteiger charge is 2.43. The molecule has 0 bridgehead atoms. The van der Waals surface area contributed by atoms with Crippen LogP contribution in [0.1, 0.15) is 59.7 Å². The number of halogens is 2. The number of carbonyl (C=O) groups excluding carboxylic acids is 2. The van der Waals surface area contributed by atoms with E-state index in [0.717, 1.165) is 46.0 Å². The number of hydrogen-bond acceptors (Lipinski definition) is 5. The molecule has 230 valence electrons. The smallest absolute Gasteiger partial charge is 0.406 e. The average Bonchev–Trinajstić information content (AvgIpc) is 3.02. The molecule has 1 aliphatic heterocycles. The number of aliphatic hydroxyl groups is 1. The maximum atomic E-state index is 13.8. The Bertz CT molecular complexity index is 1430. The molecule has 1 aliphatic rings. The fourth-order valence-corrected chi connectivity index (χ4v) is 6.95. The quantitative estimate of drug-likeness (QED) is 0.193. The van der Waals surface area contributed by atoms with E-state index in [4.69, 9.17) is 16.3 Å². The SMILES string of the molecule is CCc1cccc(-c2c(Cl)cccc2C(O)(CCCNC(=O)OC)[C@@H]2CCCN(C(=O)c3ccc(CNC)cc3Br)C2)c1. The number of hydrogen-bond donors (Lipinski definition) is 3. The van der Waals surface area contributed by atoms with Crippen LogP contribution in [0.4, 0.5) is 4.79 Å². The van der Waals surface area contributed by atoms with Gasteiger partial charge in [0.15, 0.2) is 0 Å². The van der Waals surface area contributed by atoms with E-state index in [1.807, 2.05) is 60.5 Å². The second kappa shape index (κ2) is 15.2. The third-order valence-electron chi connectivity index (χ3n) is 8.32. The minimum atomic E-state index is -1.31. The van der Waals surface area contributed by atoms with Gasteiger partial charge in [-0.3, -0.25) is 4.79 Å². The van der Waals surface area contributed by atoms with E-state index in [2.05, 4.69) is 45.6 Å². The molecule has 3 N–H and O–H groups in total. The molecule has 0 aliphatic carbocycles. The zero-order valence-electron chi connectivity index (χ0n) is 25.1. The molecule has 1 heterocycles. The highest BCUT2D eigenvalue weighted by Crippen LogP contribution is 2.46. The second-order valence-electron chi connectivity index (χ2n) is 11.1. The number of alkyl carbamates (subject to hydrolysis) is 1. The highest BCUT2D eigenvalue weighted by atomic mass is 79.9. The van der Waals surface area contributed by atoms with Gasteiger partial charge >= 0.3 is 6.09 Å². The Morgan fingerprint density at radius 1 is 1.14 bits per heavy atom. The number of nitrogens with zero attached hydrogens (tertiary/aromatic N) is 1. The molecule has 4 rings (SSSR count). The Balaban J connectivity index is 1.70. The minimum absolute atomic E-state index is 0.0655. The van der Waals surface area contributed by atoms with Crippen molar-refractivity contribution < 1.29 is 19.4 Å². The number of likely N-dealkylation sites (tertiary alicyclic amines) is 1. The molecule has 1 saturated heterocycles. The first-order valence-electron chi connectivity index (χ1n) is 14.9. The Kier molecular flexibility index (Phi) is 11.7. The number of amides is 2. The fraction of sp³-hybridized carbons (Fsp3) is 0.412. The van der Waals surface area contributed by atoms with E-state index < -0.39 is 11.7 Å². The lowest BCUT2D eigenvalue weighted by Crippen LogP contribution is -2.48. The van der Waals surface area contributed by atoms with Crippen molar-refractivity contribution in [1.29, 1.82) is 0 Å². The lowest BCUT2D eigenvalue weighted by molar-refractivity contribution is -0.0563. The maximum Gasteiger partial charge on any atom is 0.406 e. The van der Waals surface area contributed by atoms with Gasteiger partial charge in [0.2, 0.25) is 0 Å². The van der Waals surface area contributed by atoms with Gasteiger partial charge in [-0.25, -0.2) is 4.79 Å². The van der Waals surface area contributed by atoms with Gasteiger partial charge in [0.25, 0.3) is 5.91 Å². The van der Waals surface area contributed by atoms with Gasteiger partial charge in [0, 0.05) is 47.2 Å². The van der Waals surface area contributed by atoms with E-state index in [-0.39, 0.29) is 11.8 Å². The molecular weight excluding hydrogens is 630 g/mol. The summed E-state index contributed by atoms with van der Waals surface area (Å²) >= 11 is 10.5. The summed E-state index contributed by atoms with van der Waals surface area (Å²) in [5, 5.41) is 19.2. The molecule has 2 amide bonds. The summed E-state index contributed by atoms with van der Waals surface area (Å²) < 4.78 is 5.48. The summed E-state index contributed by atoms with van der Waals surface area (Å²) in [6.45, 7) is 4.17. The first kappa shape index (κ1) is 33.0. The predicted octanol–water partition coefficient (Wildman–Crippen LogP) is 6.93. The lowest BCUT2D eigenvalue weighted by Gasteiger charge is -2.44. The largest absolute Gasteiger partial charge is 0.453 e. The summed E-state index contributed by atoms with van der Waals surface area (Å²) in [6.07, 6.45) is 2.75. The van der Waals surface area contributed by atoms with E-state index in [0.29, 0.717) is 49.6 Å². The van der Waals surface area contributed by atoms with Crippen LogP contribution < -0.4 is 10.6 Å². The van der Waals surface area contributed by atoms with Crippen molar-refractivity contribution in [2.75, 3.05) is 33.8 Å². The summed E-state index contributed by atoms with van der Waals surface area (Å²) in [7, 11) is 3.22. The minimum Gasteiger partial charge on any atom is -0.453 e. The molecule has 1 unspecified atom stereocenters. The first-order chi connectivity index (χ1) is 20.7. The topological polar surface area (TPSA) is 90.9 Å². The van der Waals surface area contributed by atoms with Crippen molar-refractivity contribution in [1.82, 2.24) is 15.5 Å². The van der Waals surface area contributed by atoms with Crippen molar-refractivity contribution >= 4 is 39.5 Å². The standard InChI is InChI=1S/C34H41BrClN3O4/c1-4-23-9-5-10-25(19-23)31-28(12-6-13-30(31)36)34(42,16-8-17-38-33(41)43-3)26-11-7-18-39(22-26)32(40)27-15-14-24(21-37-2)20-29(27)35/h5-6,9-10,12-15,19-20,26,37,42H,4,7-8,11,16-18,21-22H2,1-3H3,(H,38,41)/t26-,34?/m1/s1. The van der Waals surface area contributed by atoms with Gasteiger partial charge in [-0.2, -0.15) is 0 Å². The molecule has 0 aromatic heterocycles. The van der Waals surface area contributed by atoms with Gasteiger partial charge in [0.1, 0.15) is 0 Å². The number of methoxy groups -OCH3 is 1. The van der Waals surface area contributed by atoms with Crippen LogP contribution in [0.15, 0.2) is 65.1 Å². The molecule has 0 spiro atoms. The van der Waals surface area contributed by atoms with Gasteiger partial charge < -0.3 is 25.4 Å². The summed E-state index contributed by atoms with van der Waals surface area (Å²) in [5.41, 5.74) is 4.03. The Hall–Kier alpha value is -2.91. The van der Waals surface area contributed by atoms with Crippen LogP contribution in [-0.4, -0.2) is 55.8 Å². The average molecular weight is 671 g/mol. The number of rotatable bonds is 11. The molecule has 3 aromatic carbocycles. The molecule has 43 heavy (non-hydrogen) atoms. The monoisotopic (exact) mass is 669 g/mol. The van der Waals surface area contributed by atoms with Crippen LogP contribution in [0.5, 0.6) is 0 Å². The summed E-state index contributed by atoms with van der Waals surface area (Å²) in [5.74, 6) is -0.318. The lowest BCUT2D eigenvalue weighted by atomic mass is 9.72. The van der Waals surface area contributed by atoms with Crippen molar-refractivity contribution in [3.8, 4) is 11.1 Å². The van der Waals surface area contributed by atoms with Crippen LogP contribution in [0.25, 0.3) is 11.1 Å². The molecule has 0 saturated carbocycles. The third-order valence-corrected chi connectivity index (χ3v) is 9.29. The van der Waals surface area contributed by atoms with Crippen molar-refractivity contribution in [3.05, 3.63) is 92.4 Å². The molecule has 2 atom stereocenters. The van der Waals surface area contributed by atoms with Crippen molar-refractivity contribution in [2.24, 2.45) is 5.92 Å². The maximum absolute atomic E-state index is 13.8. The fourth-order valence-electron chi connectivity index (χ4n) is 6.07. The first-order valence-corrected chi connectivity index (χ1v) is 16.0. The summed E-state index contributed by atoms with van der Waals surface area (Å²) in [4.78, 5) is 27.4. The number of carbonyl (C=O) groups is 2. The van der Waals surface area contributed by atoms with Gasteiger partial charge in [-0.1, -0.05) is 61.0 Å². The zero-order valence-corrected chi connectivity index (χ0v) is 27.4. The molecule has 9 heteroatoms. The van der Waals surface area contributed by atoms with E-state index >= 15 is 0 Å². The zero-order chi connectivity index (χ0) is 31.0. The van der Waals surface area contributed by atoms with Crippen LogP contribution in [0, 0.1) is 5.92 Å². The van der Waals surface area contributed by atoms with Gasteiger partial charge in [0.05, 0.1) is 18.3 Å². The van der Waals surface area contributed by atoms with Gasteiger partial charge in [-0.05, 0) is 95.5 Å². The van der Waals surface area contributed by atoms with Crippen LogP contribution in [0.2, 0.25) is 5.02 Å². The molecular formula is C34H41BrClN3O4. The number of piperidine rings is 1. The van der Waals surface area contributed by atoms with E-state index in [1.165, 1.54) is 12.7 Å². The normalized spacial score (nSPS) is 16.4. The molecule has 7 nitrogen and oxygen atoms in total. The molecule has 1 fully saturated rings. The molecule has 0 radical (unpaired) electrons. The Morgan fingerprint density at radius 2 is 1.93 bits per heavy atom. The summed E-state index contributed by atoms with van der Waals surface area (Å²) in [6, 6.07) is 19.7. The second-order valence-corrected chi connectivity index (χ2v) is 12.4. The van der Waals surface area contributed by atoms with E-state index in [1.54, 1.807) is 0 Å². The van der Waals surface area contributed by atoms with Crippen LogP contribution in [0.3, 0.4) is 0 Å². The number of nitrogens with one attached hydrogen (secondary N) is 2. The van der Waals surface area contributed by atoms with Gasteiger partial charge in [-0.15, -0.1) is 0 Å². The third kappa shape index (κ3) is 7.79. The molecule has 3 aromatic rings. The van der Waals surface area contributed by atoms with Crippen molar-refractivity contribution in [3.63, 3.8) is 0 Å². The van der Waals surface area contributed by atoms with Crippen molar-refractivity contribution in [2.45, 2.75) is 51.2 Å². The van der Waals surface area contributed by atoms with Crippen LogP contribution >= 0.6 is 27.5 Å². The highest BCUT2D eigenvalue weighted by molar-refractivity contribution is 9.10. The van der Waals surface area contributed by atoms with Crippen LogP contribution in [-0.2, 0) is 23.3 Å². The number of ether oxygens (including phenoxy) is 1. The number of aryl methyl sites for hydroxylation is 1. The Morgan fingerprint density at radius 3 is 2.65 bits per heavy atom. The number of benzene rings is 3.